The van der Waals surface area contributed by atoms with Crippen LogP contribution in [0.3, 0.4) is 0 Å². The van der Waals surface area contributed by atoms with Gasteiger partial charge < -0.3 is 19.7 Å². The van der Waals surface area contributed by atoms with Crippen LogP contribution in [0, 0.1) is 0 Å². The molecule has 0 saturated carbocycles. The predicted octanol–water partition coefficient (Wildman–Crippen LogP) is 3.32. The third-order valence-electron chi connectivity index (χ3n) is 3.45. The number of ether oxygens (including phenoxy) is 2. The zero-order chi connectivity index (χ0) is 15.9. The highest BCUT2D eigenvalue weighted by Crippen LogP contribution is 2.18. The summed E-state index contributed by atoms with van der Waals surface area (Å²) in [5.74, 6) is 0.0553. The number of nitrogens with one attached hydrogen (secondary N) is 1. The number of carbonyl (C=O) groups is 1. The fourth-order valence-corrected chi connectivity index (χ4v) is 2.31. The number of anilines is 1. The van der Waals surface area contributed by atoms with Crippen molar-refractivity contribution in [2.24, 2.45) is 0 Å². The van der Waals surface area contributed by atoms with Crippen molar-refractivity contribution in [1.29, 1.82) is 0 Å². The molecule has 1 saturated heterocycles. The Bertz CT molecular complexity index is 476. The molecular formula is C15H20F2N2O3. The number of alkyl halides is 2. The second-order valence-corrected chi connectivity index (χ2v) is 5.01. The number of hydrogen-bond donors (Lipinski definition) is 1. The number of hydrogen-bond acceptors (Lipinski definition) is 3. The smallest absolute Gasteiger partial charge is 0.387 e. The second kappa shape index (κ2) is 7.93. The van der Waals surface area contributed by atoms with Crippen molar-refractivity contribution in [2.75, 3.05) is 25.0 Å². The Balaban J connectivity index is 1.88. The highest BCUT2D eigenvalue weighted by Gasteiger charge is 2.21. The standard InChI is InChI=1S/C15H20F2N2O3/c1-2-19(10-13-4-3-9-21-13)15(20)18-11-5-7-12(8-6-11)22-14(16)17/h5-8,13-14H,2-4,9-10H2,1H3,(H,18,20)/t13-/m0/s1. The van der Waals surface area contributed by atoms with Crippen LogP contribution in [-0.2, 0) is 4.74 Å². The Morgan fingerprint density at radius 2 is 2.18 bits per heavy atom. The van der Waals surface area contributed by atoms with Crippen LogP contribution in [0.5, 0.6) is 5.75 Å². The Kier molecular flexibility index (Phi) is 5.94. The minimum Gasteiger partial charge on any atom is -0.435 e. The van der Waals surface area contributed by atoms with Gasteiger partial charge in [-0.25, -0.2) is 4.79 Å². The average Bonchev–Trinajstić information content (AvgIpc) is 2.99. The summed E-state index contributed by atoms with van der Waals surface area (Å²) < 4.78 is 33.9. The molecule has 0 aromatic heterocycles. The van der Waals surface area contributed by atoms with Crippen molar-refractivity contribution in [1.82, 2.24) is 4.90 Å². The van der Waals surface area contributed by atoms with E-state index in [9.17, 15) is 13.6 Å². The van der Waals surface area contributed by atoms with Gasteiger partial charge in [-0.1, -0.05) is 0 Å². The minimum atomic E-state index is -2.86. The number of nitrogens with zero attached hydrogens (tertiary/aromatic N) is 1. The van der Waals surface area contributed by atoms with Gasteiger partial charge in [0.25, 0.3) is 0 Å². The average molecular weight is 314 g/mol. The Labute approximate surface area is 128 Å². The van der Waals surface area contributed by atoms with Gasteiger partial charge >= 0.3 is 12.6 Å². The van der Waals surface area contributed by atoms with Crippen molar-refractivity contribution >= 4 is 11.7 Å². The molecule has 2 amide bonds. The molecule has 1 aromatic carbocycles. The van der Waals surface area contributed by atoms with Gasteiger partial charge in [0.05, 0.1) is 6.10 Å². The normalized spacial score (nSPS) is 17.5. The zero-order valence-electron chi connectivity index (χ0n) is 12.4. The molecule has 1 atom stereocenters. The van der Waals surface area contributed by atoms with Gasteiger partial charge in [-0.05, 0) is 44.0 Å². The van der Waals surface area contributed by atoms with E-state index in [1.54, 1.807) is 4.90 Å². The highest BCUT2D eigenvalue weighted by molar-refractivity contribution is 5.89. The summed E-state index contributed by atoms with van der Waals surface area (Å²) in [6.45, 7) is 0.902. The molecule has 0 unspecified atom stereocenters. The van der Waals surface area contributed by atoms with Crippen LogP contribution in [0.25, 0.3) is 0 Å². The first-order valence-electron chi connectivity index (χ1n) is 7.31. The van der Waals surface area contributed by atoms with E-state index in [0.717, 1.165) is 19.4 Å². The van der Waals surface area contributed by atoms with Gasteiger partial charge in [0.15, 0.2) is 0 Å². The van der Waals surface area contributed by atoms with Gasteiger partial charge in [0, 0.05) is 25.4 Å². The van der Waals surface area contributed by atoms with Crippen LogP contribution in [0.1, 0.15) is 19.8 Å². The van der Waals surface area contributed by atoms with Crippen molar-refractivity contribution in [2.45, 2.75) is 32.5 Å². The Hall–Kier alpha value is -1.89. The monoisotopic (exact) mass is 314 g/mol. The lowest BCUT2D eigenvalue weighted by atomic mass is 10.2. The lowest BCUT2D eigenvalue weighted by molar-refractivity contribution is -0.0498. The van der Waals surface area contributed by atoms with Crippen molar-refractivity contribution in [3.05, 3.63) is 24.3 Å². The Morgan fingerprint density at radius 3 is 2.73 bits per heavy atom. The molecule has 0 spiro atoms. The van der Waals surface area contributed by atoms with Crippen molar-refractivity contribution in [3.8, 4) is 5.75 Å². The summed E-state index contributed by atoms with van der Waals surface area (Å²) in [4.78, 5) is 13.9. The topological polar surface area (TPSA) is 50.8 Å². The third kappa shape index (κ3) is 4.84. The SMILES string of the molecule is CCN(C[C@@H]1CCCO1)C(=O)Nc1ccc(OC(F)F)cc1. The van der Waals surface area contributed by atoms with Gasteiger partial charge in [0.2, 0.25) is 0 Å². The molecule has 1 aliphatic heterocycles. The Morgan fingerprint density at radius 1 is 1.45 bits per heavy atom. The molecule has 1 N–H and O–H groups in total. The molecule has 2 rings (SSSR count). The first-order valence-corrected chi connectivity index (χ1v) is 7.31. The predicted molar refractivity (Wildman–Crippen MR) is 78.3 cm³/mol. The lowest BCUT2D eigenvalue weighted by Crippen LogP contribution is -2.39. The van der Waals surface area contributed by atoms with Crippen LogP contribution >= 0.6 is 0 Å². The zero-order valence-corrected chi connectivity index (χ0v) is 12.4. The molecule has 7 heteroatoms. The minimum absolute atomic E-state index is 0.0553. The first-order chi connectivity index (χ1) is 10.6. The second-order valence-electron chi connectivity index (χ2n) is 5.01. The van der Waals surface area contributed by atoms with Gasteiger partial charge in [0.1, 0.15) is 5.75 Å². The molecule has 22 heavy (non-hydrogen) atoms. The first kappa shape index (κ1) is 16.5. The molecule has 5 nitrogen and oxygen atoms in total. The van der Waals surface area contributed by atoms with E-state index in [-0.39, 0.29) is 17.9 Å². The van der Waals surface area contributed by atoms with E-state index in [0.29, 0.717) is 18.8 Å². The van der Waals surface area contributed by atoms with Gasteiger partial charge in [-0.3, -0.25) is 0 Å². The fourth-order valence-electron chi connectivity index (χ4n) is 2.31. The number of halogens is 2. The maximum atomic E-state index is 12.2. The van der Waals surface area contributed by atoms with E-state index < -0.39 is 6.61 Å². The molecular weight excluding hydrogens is 294 g/mol. The van der Waals surface area contributed by atoms with E-state index >= 15 is 0 Å². The third-order valence-corrected chi connectivity index (χ3v) is 3.45. The summed E-state index contributed by atoms with van der Waals surface area (Å²) in [6.07, 6.45) is 2.08. The lowest BCUT2D eigenvalue weighted by Gasteiger charge is -2.24. The van der Waals surface area contributed by atoms with Crippen molar-refractivity contribution < 1.29 is 23.0 Å². The van der Waals surface area contributed by atoms with E-state index in [4.69, 9.17) is 4.74 Å². The van der Waals surface area contributed by atoms with Crippen LogP contribution in [0.15, 0.2) is 24.3 Å². The quantitative estimate of drug-likeness (QED) is 0.876. The van der Waals surface area contributed by atoms with E-state index in [2.05, 4.69) is 10.1 Å². The number of benzene rings is 1. The molecule has 122 valence electrons. The van der Waals surface area contributed by atoms with Gasteiger partial charge in [-0.2, -0.15) is 8.78 Å². The number of urea groups is 1. The fraction of sp³-hybridized carbons (Fsp3) is 0.533. The van der Waals surface area contributed by atoms with Crippen LogP contribution in [0.2, 0.25) is 0 Å². The maximum absolute atomic E-state index is 12.2. The molecule has 0 radical (unpaired) electrons. The molecule has 1 fully saturated rings. The highest BCUT2D eigenvalue weighted by atomic mass is 19.3. The molecule has 0 aliphatic carbocycles. The molecule has 1 aromatic rings. The summed E-state index contributed by atoms with van der Waals surface area (Å²) in [5.41, 5.74) is 0.525. The van der Waals surface area contributed by atoms with Crippen molar-refractivity contribution in [3.63, 3.8) is 0 Å². The van der Waals surface area contributed by atoms with Crippen LogP contribution in [0.4, 0.5) is 19.3 Å². The largest absolute Gasteiger partial charge is 0.435 e. The molecule has 1 aliphatic rings. The summed E-state index contributed by atoms with van der Waals surface area (Å²) in [5, 5.41) is 2.74. The number of amides is 2. The molecule has 1 heterocycles. The number of likely N-dealkylation sites (N-methyl/N-ethyl adjacent to an activating group) is 1. The van der Waals surface area contributed by atoms with E-state index in [1.165, 1.54) is 24.3 Å². The van der Waals surface area contributed by atoms with Crippen LogP contribution < -0.4 is 10.1 Å². The molecule has 0 bridgehead atoms. The number of carbonyl (C=O) groups excluding carboxylic acids is 1. The summed E-state index contributed by atoms with van der Waals surface area (Å²) in [7, 11) is 0. The summed E-state index contributed by atoms with van der Waals surface area (Å²) >= 11 is 0. The maximum Gasteiger partial charge on any atom is 0.387 e. The number of rotatable bonds is 6. The summed E-state index contributed by atoms with van der Waals surface area (Å²) in [6, 6.07) is 5.59. The van der Waals surface area contributed by atoms with Crippen LogP contribution in [-0.4, -0.2) is 43.3 Å². The van der Waals surface area contributed by atoms with Gasteiger partial charge in [-0.15, -0.1) is 0 Å². The van der Waals surface area contributed by atoms with E-state index in [1.807, 2.05) is 6.92 Å².